The zero-order valence-electron chi connectivity index (χ0n) is 13.8. The highest BCUT2D eigenvalue weighted by molar-refractivity contribution is 6.01. The molecule has 2 aromatic carbocycles. The third kappa shape index (κ3) is 2.95. The Morgan fingerprint density at radius 3 is 2.46 bits per heavy atom. The summed E-state index contributed by atoms with van der Waals surface area (Å²) in [7, 11) is 0. The molecule has 0 aliphatic carbocycles. The van der Waals surface area contributed by atoms with Crippen molar-refractivity contribution in [3.05, 3.63) is 83.1 Å². The van der Waals surface area contributed by atoms with Crippen molar-refractivity contribution in [3.63, 3.8) is 0 Å². The number of aryl methyl sites for hydroxylation is 2. The number of ketones is 1. The SMILES string of the molecule is C=C1NC(=O)N[C@@H](c2ccc(C)cc2C)[C@@H]1C(=O)c1ccccc1. The minimum atomic E-state index is -0.550. The summed E-state index contributed by atoms with van der Waals surface area (Å²) in [4.78, 5) is 25.0. The lowest BCUT2D eigenvalue weighted by Gasteiger charge is -2.34. The summed E-state index contributed by atoms with van der Waals surface area (Å²) in [6.07, 6.45) is 0. The number of benzene rings is 2. The molecule has 2 atom stereocenters. The normalized spacial score (nSPS) is 20.2. The quantitative estimate of drug-likeness (QED) is 0.848. The van der Waals surface area contributed by atoms with Crippen LogP contribution < -0.4 is 10.6 Å². The maximum atomic E-state index is 13.0. The smallest absolute Gasteiger partial charge is 0.319 e. The van der Waals surface area contributed by atoms with Gasteiger partial charge in [-0.05, 0) is 25.0 Å². The number of hydrogen-bond acceptors (Lipinski definition) is 2. The fourth-order valence-electron chi connectivity index (χ4n) is 3.21. The van der Waals surface area contributed by atoms with Crippen LogP contribution in [-0.4, -0.2) is 11.8 Å². The third-order valence-electron chi connectivity index (χ3n) is 4.37. The van der Waals surface area contributed by atoms with E-state index in [1.165, 1.54) is 0 Å². The summed E-state index contributed by atoms with van der Waals surface area (Å²) < 4.78 is 0. The first kappa shape index (κ1) is 16.0. The summed E-state index contributed by atoms with van der Waals surface area (Å²) in [5.41, 5.74) is 4.15. The lowest BCUT2D eigenvalue weighted by atomic mass is 9.82. The molecule has 0 unspecified atom stereocenters. The molecule has 4 heteroatoms. The summed E-state index contributed by atoms with van der Waals surface area (Å²) in [5, 5.41) is 5.54. The summed E-state index contributed by atoms with van der Waals surface area (Å²) in [6.45, 7) is 7.93. The lowest BCUT2D eigenvalue weighted by molar-refractivity contribution is 0.0905. The largest absolute Gasteiger partial charge is 0.330 e. The highest BCUT2D eigenvalue weighted by Crippen LogP contribution is 2.33. The summed E-state index contributed by atoms with van der Waals surface area (Å²) in [5.74, 6) is -0.607. The zero-order chi connectivity index (χ0) is 17.3. The third-order valence-corrected chi connectivity index (χ3v) is 4.37. The van der Waals surface area contributed by atoms with Crippen molar-refractivity contribution >= 4 is 11.8 Å². The van der Waals surface area contributed by atoms with E-state index in [4.69, 9.17) is 0 Å². The molecule has 1 saturated heterocycles. The van der Waals surface area contributed by atoms with Crippen molar-refractivity contribution in [1.29, 1.82) is 0 Å². The van der Waals surface area contributed by atoms with Gasteiger partial charge >= 0.3 is 6.03 Å². The van der Waals surface area contributed by atoms with E-state index in [9.17, 15) is 9.59 Å². The molecule has 2 aromatic rings. The van der Waals surface area contributed by atoms with Crippen molar-refractivity contribution in [2.24, 2.45) is 5.92 Å². The molecule has 1 heterocycles. The molecule has 0 aromatic heterocycles. The molecule has 2 amide bonds. The van der Waals surface area contributed by atoms with Gasteiger partial charge in [0.25, 0.3) is 0 Å². The molecule has 1 aliphatic rings. The van der Waals surface area contributed by atoms with Crippen LogP contribution in [0.3, 0.4) is 0 Å². The van der Waals surface area contributed by atoms with Crippen molar-refractivity contribution < 1.29 is 9.59 Å². The van der Waals surface area contributed by atoms with Gasteiger partial charge in [0.1, 0.15) is 0 Å². The number of rotatable bonds is 3. The van der Waals surface area contributed by atoms with Crippen molar-refractivity contribution in [2.75, 3.05) is 0 Å². The Morgan fingerprint density at radius 1 is 1.08 bits per heavy atom. The van der Waals surface area contributed by atoms with E-state index in [1.54, 1.807) is 12.1 Å². The number of Topliss-reactive ketones (excluding diaryl/α,β-unsaturated/α-hetero) is 1. The Bertz CT molecular complexity index is 812. The molecule has 24 heavy (non-hydrogen) atoms. The van der Waals surface area contributed by atoms with Crippen LogP contribution in [0, 0.1) is 19.8 Å². The Morgan fingerprint density at radius 2 is 1.79 bits per heavy atom. The van der Waals surface area contributed by atoms with Crippen molar-refractivity contribution in [1.82, 2.24) is 10.6 Å². The van der Waals surface area contributed by atoms with E-state index in [0.29, 0.717) is 11.3 Å². The highest BCUT2D eigenvalue weighted by atomic mass is 16.2. The van der Waals surface area contributed by atoms with E-state index in [1.807, 2.05) is 44.2 Å². The first-order valence-corrected chi connectivity index (χ1v) is 7.90. The van der Waals surface area contributed by atoms with E-state index < -0.39 is 12.0 Å². The van der Waals surface area contributed by atoms with Crippen LogP contribution in [0.15, 0.2) is 60.8 Å². The summed E-state index contributed by atoms with van der Waals surface area (Å²) >= 11 is 0. The summed E-state index contributed by atoms with van der Waals surface area (Å²) in [6, 6.07) is 14.3. The second-order valence-corrected chi connectivity index (χ2v) is 6.17. The molecular weight excluding hydrogens is 300 g/mol. The topological polar surface area (TPSA) is 58.2 Å². The van der Waals surface area contributed by atoms with Crippen LogP contribution in [0.25, 0.3) is 0 Å². The average Bonchev–Trinajstić information content (AvgIpc) is 2.54. The maximum Gasteiger partial charge on any atom is 0.319 e. The van der Waals surface area contributed by atoms with E-state index in [2.05, 4.69) is 23.3 Å². The zero-order valence-corrected chi connectivity index (χ0v) is 13.8. The van der Waals surface area contributed by atoms with Gasteiger partial charge in [0.05, 0.1) is 12.0 Å². The van der Waals surface area contributed by atoms with Gasteiger partial charge in [-0.3, -0.25) is 4.79 Å². The number of amides is 2. The van der Waals surface area contributed by atoms with Crippen LogP contribution in [-0.2, 0) is 0 Å². The Balaban J connectivity index is 2.04. The maximum absolute atomic E-state index is 13.0. The Labute approximate surface area is 141 Å². The number of carbonyl (C=O) groups is 2. The number of carbonyl (C=O) groups excluding carboxylic acids is 2. The van der Waals surface area contributed by atoms with Gasteiger partial charge in [0.2, 0.25) is 0 Å². The van der Waals surface area contributed by atoms with Gasteiger partial charge in [-0.2, -0.15) is 0 Å². The molecule has 0 spiro atoms. The number of hydrogen-bond donors (Lipinski definition) is 2. The highest BCUT2D eigenvalue weighted by Gasteiger charge is 2.38. The molecule has 0 saturated carbocycles. The standard InChI is InChI=1S/C20H20N2O2/c1-12-9-10-16(13(2)11-12)18-17(14(3)21-20(24)22-18)19(23)15-7-5-4-6-8-15/h4-11,17-18H,3H2,1-2H3,(H2,21,22,24)/t17-,18+/m1/s1. The molecular formula is C20H20N2O2. The van der Waals surface area contributed by atoms with Crippen molar-refractivity contribution in [2.45, 2.75) is 19.9 Å². The molecule has 0 bridgehead atoms. The van der Waals surface area contributed by atoms with Crippen molar-refractivity contribution in [3.8, 4) is 0 Å². The minimum Gasteiger partial charge on any atom is -0.330 e. The second-order valence-electron chi connectivity index (χ2n) is 6.17. The fraction of sp³-hybridized carbons (Fsp3) is 0.200. The number of nitrogens with one attached hydrogen (secondary N) is 2. The Kier molecular flexibility index (Phi) is 4.21. The minimum absolute atomic E-state index is 0.0573. The van der Waals surface area contributed by atoms with Gasteiger partial charge < -0.3 is 10.6 Å². The lowest BCUT2D eigenvalue weighted by Crippen LogP contribution is -2.50. The van der Waals surface area contributed by atoms with Gasteiger partial charge in [-0.25, -0.2) is 4.79 Å². The molecule has 2 N–H and O–H groups in total. The molecule has 1 fully saturated rings. The predicted molar refractivity (Wildman–Crippen MR) is 93.7 cm³/mol. The number of urea groups is 1. The fourth-order valence-corrected chi connectivity index (χ4v) is 3.21. The average molecular weight is 320 g/mol. The van der Waals surface area contributed by atoms with Crippen LogP contribution in [0.5, 0.6) is 0 Å². The van der Waals surface area contributed by atoms with Crippen LogP contribution in [0.4, 0.5) is 4.79 Å². The van der Waals surface area contributed by atoms with Gasteiger partial charge in [0, 0.05) is 11.3 Å². The van der Waals surface area contributed by atoms with Crippen LogP contribution in [0.1, 0.15) is 33.1 Å². The molecule has 1 aliphatic heterocycles. The molecule has 122 valence electrons. The first-order chi connectivity index (χ1) is 11.5. The van der Waals surface area contributed by atoms with E-state index in [0.717, 1.165) is 16.7 Å². The second kappa shape index (κ2) is 6.32. The van der Waals surface area contributed by atoms with Gasteiger partial charge in [-0.15, -0.1) is 0 Å². The molecule has 4 nitrogen and oxygen atoms in total. The molecule has 0 radical (unpaired) electrons. The van der Waals surface area contributed by atoms with Gasteiger partial charge in [-0.1, -0.05) is 60.7 Å². The Hall–Kier alpha value is -2.88. The van der Waals surface area contributed by atoms with E-state index in [-0.39, 0.29) is 11.8 Å². The van der Waals surface area contributed by atoms with Crippen LogP contribution >= 0.6 is 0 Å². The molecule has 3 rings (SSSR count). The predicted octanol–water partition coefficient (Wildman–Crippen LogP) is 3.67. The van der Waals surface area contributed by atoms with Crippen LogP contribution in [0.2, 0.25) is 0 Å². The first-order valence-electron chi connectivity index (χ1n) is 7.90. The monoisotopic (exact) mass is 320 g/mol. The van der Waals surface area contributed by atoms with E-state index >= 15 is 0 Å². The van der Waals surface area contributed by atoms with Gasteiger partial charge in [0.15, 0.2) is 5.78 Å².